The molecule has 25 atom stereocenters. The molecule has 1 heterocycles. The van der Waals surface area contributed by atoms with Gasteiger partial charge >= 0.3 is 0 Å². The van der Waals surface area contributed by atoms with Crippen molar-refractivity contribution in [2.24, 2.45) is 29.6 Å². The predicted octanol–water partition coefficient (Wildman–Crippen LogP) is -2.22. The summed E-state index contributed by atoms with van der Waals surface area (Å²) >= 11 is 0. The molecule has 0 aromatic carbocycles. The number of rotatable bonds is 39. The minimum atomic E-state index is -2.57. The summed E-state index contributed by atoms with van der Waals surface area (Å²) in [6.07, 6.45) is -26.0. The molecular formula is C50H100O21. The Bertz CT molecular complexity index is 1360. The van der Waals surface area contributed by atoms with Crippen LogP contribution in [-0.4, -0.2) is 230 Å². The first-order chi connectivity index (χ1) is 33.0. The zero-order valence-corrected chi connectivity index (χ0v) is 43.1. The van der Waals surface area contributed by atoms with Crippen LogP contribution in [0.3, 0.4) is 0 Å². The van der Waals surface area contributed by atoms with E-state index in [-0.39, 0.29) is 44.1 Å². The van der Waals surface area contributed by atoms with Crippen LogP contribution in [0.15, 0.2) is 0 Å². The number of aliphatic hydroxyl groups is 20. The zero-order chi connectivity index (χ0) is 54.5. The standard InChI is InChI=1S/C50H100O21/c1-7-8-9-10-11-12-13-14-15-31(52)24-50(70)49(69)48(68)46(66)41(71-50)23-40(61)45(65)47(67)44(64)39(60)21-34(55)19-32(53)18-33(54)20-35(56)28(4)42(62)29(5)36(57)22-37(58)30(6)43(63)38(59)17-26(2)16-27(3)25-51/h26-49,51-70H,7-25H2,1-6H3/t26-,27+,28?,29?,30?,31-,32?,33?,34?,35?,36?,37?,38?,39?,40?,41-,42?,43?,44?,45?,46-,47?,48+,49+,50+/m1/s1. The molecule has 21 heteroatoms. The summed E-state index contributed by atoms with van der Waals surface area (Å²) < 4.78 is 5.49. The highest BCUT2D eigenvalue weighted by Crippen LogP contribution is 2.35. The molecule has 17 unspecified atom stereocenters. The Morgan fingerprint density at radius 3 is 1.38 bits per heavy atom. The third-order valence-corrected chi connectivity index (χ3v) is 14.9. The molecule has 0 aliphatic carbocycles. The average molecular weight is 1040 g/mol. The van der Waals surface area contributed by atoms with E-state index in [1.165, 1.54) is 27.2 Å². The number of hydrogen-bond donors (Lipinski definition) is 20. The van der Waals surface area contributed by atoms with Gasteiger partial charge in [-0.1, -0.05) is 92.9 Å². The number of hydrogen-bond acceptors (Lipinski definition) is 21. The molecule has 0 spiro atoms. The molecule has 0 amide bonds. The van der Waals surface area contributed by atoms with Crippen molar-refractivity contribution in [1.82, 2.24) is 0 Å². The second-order valence-corrected chi connectivity index (χ2v) is 21.7. The fourth-order valence-electron chi connectivity index (χ4n) is 9.85. The lowest BCUT2D eigenvalue weighted by Crippen LogP contribution is -2.65. The van der Waals surface area contributed by atoms with Gasteiger partial charge in [0.05, 0.1) is 79.4 Å². The van der Waals surface area contributed by atoms with Gasteiger partial charge in [-0.3, -0.25) is 0 Å². The number of aliphatic hydroxyl groups excluding tert-OH is 19. The van der Waals surface area contributed by atoms with E-state index in [4.69, 9.17) is 4.74 Å². The van der Waals surface area contributed by atoms with Crippen LogP contribution in [-0.2, 0) is 4.74 Å². The highest BCUT2D eigenvalue weighted by Gasteiger charge is 2.54. The second-order valence-electron chi connectivity index (χ2n) is 21.7. The van der Waals surface area contributed by atoms with Gasteiger partial charge in [-0.05, 0) is 56.8 Å². The quantitative estimate of drug-likeness (QED) is 0.0290. The Hall–Kier alpha value is -0.840. The number of unbranched alkanes of at least 4 members (excludes halogenated alkanes) is 7. The van der Waals surface area contributed by atoms with Crippen LogP contribution in [0.4, 0.5) is 0 Å². The van der Waals surface area contributed by atoms with Crippen LogP contribution in [0.25, 0.3) is 0 Å². The molecule has 1 saturated heterocycles. The maximum atomic E-state index is 11.1. The van der Waals surface area contributed by atoms with Gasteiger partial charge in [-0.15, -0.1) is 0 Å². The SMILES string of the molecule is CCCCCCCCCC[C@@H](O)C[C@]1(O)O[C@H](CC(O)C(O)C(O)C(O)C(O)CC(O)CC(O)CC(O)CC(O)C(C)C(O)C(C)C(O)CC(O)C(C)C(O)C(O)C[C@H](C)C[C@H](C)CO)[C@@H](O)[C@H](O)[C@@H]1O. The lowest BCUT2D eigenvalue weighted by atomic mass is 9.80. The van der Waals surface area contributed by atoms with Crippen molar-refractivity contribution in [3.05, 3.63) is 0 Å². The largest absolute Gasteiger partial charge is 0.396 e. The van der Waals surface area contributed by atoms with E-state index in [1.807, 2.05) is 13.8 Å². The third kappa shape index (κ3) is 23.5. The summed E-state index contributed by atoms with van der Waals surface area (Å²) in [6.45, 7) is 10.3. The lowest BCUT2D eigenvalue weighted by Gasteiger charge is -2.47. The summed E-state index contributed by atoms with van der Waals surface area (Å²) in [5.41, 5.74) is 0. The summed E-state index contributed by atoms with van der Waals surface area (Å²) in [5.74, 6) is -5.27. The highest BCUT2D eigenvalue weighted by molar-refractivity contribution is 4.99. The molecule has 0 bridgehead atoms. The van der Waals surface area contributed by atoms with Crippen LogP contribution < -0.4 is 0 Å². The maximum Gasteiger partial charge on any atom is 0.197 e. The van der Waals surface area contributed by atoms with Gasteiger partial charge in [0.1, 0.15) is 36.6 Å². The molecule has 0 aromatic rings. The normalized spacial score (nSPS) is 28.6. The Labute approximate surface area is 421 Å². The Kier molecular flexibility index (Phi) is 32.7. The van der Waals surface area contributed by atoms with E-state index in [9.17, 15) is 102 Å². The molecular weight excluding hydrogens is 937 g/mol. The monoisotopic (exact) mass is 1040 g/mol. The molecule has 71 heavy (non-hydrogen) atoms. The van der Waals surface area contributed by atoms with E-state index in [0.717, 1.165) is 38.5 Å². The maximum absolute atomic E-state index is 11.1. The van der Waals surface area contributed by atoms with Crippen LogP contribution in [0.1, 0.15) is 157 Å². The molecule has 20 N–H and O–H groups in total. The fourth-order valence-corrected chi connectivity index (χ4v) is 9.85. The van der Waals surface area contributed by atoms with Gasteiger partial charge in [0.2, 0.25) is 0 Å². The molecule has 426 valence electrons. The predicted molar refractivity (Wildman–Crippen MR) is 260 cm³/mol. The molecule has 1 rings (SSSR count). The van der Waals surface area contributed by atoms with Crippen molar-refractivity contribution in [3.8, 4) is 0 Å². The van der Waals surface area contributed by atoms with E-state index in [2.05, 4.69) is 6.92 Å². The van der Waals surface area contributed by atoms with Gasteiger partial charge in [0, 0.05) is 43.6 Å². The first kappa shape index (κ1) is 68.2. The van der Waals surface area contributed by atoms with Crippen molar-refractivity contribution in [2.45, 2.75) is 279 Å². The molecule has 0 saturated carbocycles. The van der Waals surface area contributed by atoms with Gasteiger partial charge in [-0.25, -0.2) is 0 Å². The molecule has 1 fully saturated rings. The minimum absolute atomic E-state index is 0.00907. The van der Waals surface area contributed by atoms with E-state index in [0.29, 0.717) is 12.8 Å². The van der Waals surface area contributed by atoms with Crippen molar-refractivity contribution < 1.29 is 107 Å². The van der Waals surface area contributed by atoms with Crippen LogP contribution in [0.5, 0.6) is 0 Å². The molecule has 0 aromatic heterocycles. The first-order valence-corrected chi connectivity index (χ1v) is 26.3. The van der Waals surface area contributed by atoms with Crippen molar-refractivity contribution in [1.29, 1.82) is 0 Å². The first-order valence-electron chi connectivity index (χ1n) is 26.3. The van der Waals surface area contributed by atoms with Gasteiger partial charge < -0.3 is 107 Å². The smallest absolute Gasteiger partial charge is 0.197 e. The van der Waals surface area contributed by atoms with Crippen LogP contribution in [0, 0.1) is 29.6 Å². The summed E-state index contributed by atoms with van der Waals surface area (Å²) in [4.78, 5) is 0. The van der Waals surface area contributed by atoms with Gasteiger partial charge in [0.25, 0.3) is 0 Å². The third-order valence-electron chi connectivity index (χ3n) is 14.9. The summed E-state index contributed by atoms with van der Waals surface area (Å²) in [7, 11) is 0. The van der Waals surface area contributed by atoms with Gasteiger partial charge in [0.15, 0.2) is 5.79 Å². The zero-order valence-electron chi connectivity index (χ0n) is 43.1. The van der Waals surface area contributed by atoms with Crippen molar-refractivity contribution in [2.75, 3.05) is 6.61 Å². The van der Waals surface area contributed by atoms with E-state index < -0.39 is 172 Å². The van der Waals surface area contributed by atoms with Crippen molar-refractivity contribution >= 4 is 0 Å². The Balaban J connectivity index is 2.65. The van der Waals surface area contributed by atoms with Gasteiger partial charge in [-0.2, -0.15) is 0 Å². The highest BCUT2D eigenvalue weighted by atomic mass is 16.7. The lowest BCUT2D eigenvalue weighted by molar-refractivity contribution is -0.356. The molecule has 1 aliphatic heterocycles. The fraction of sp³-hybridized carbons (Fsp3) is 1.00. The van der Waals surface area contributed by atoms with E-state index in [1.54, 1.807) is 0 Å². The Morgan fingerprint density at radius 1 is 0.423 bits per heavy atom. The summed E-state index contributed by atoms with van der Waals surface area (Å²) in [6, 6.07) is 0. The average Bonchev–Trinajstić information content (AvgIpc) is 3.30. The Morgan fingerprint density at radius 2 is 0.859 bits per heavy atom. The van der Waals surface area contributed by atoms with Crippen LogP contribution in [0.2, 0.25) is 0 Å². The molecule has 21 nitrogen and oxygen atoms in total. The van der Waals surface area contributed by atoms with Crippen molar-refractivity contribution in [3.63, 3.8) is 0 Å². The number of ether oxygens (including phenoxy) is 1. The van der Waals surface area contributed by atoms with Crippen LogP contribution >= 0.6 is 0 Å². The van der Waals surface area contributed by atoms with E-state index >= 15 is 0 Å². The molecule has 0 radical (unpaired) electrons. The summed E-state index contributed by atoms with van der Waals surface area (Å²) in [5, 5.41) is 213. The molecule has 1 aliphatic rings. The topological polar surface area (TPSA) is 414 Å². The second kappa shape index (κ2) is 34.0. The minimum Gasteiger partial charge on any atom is -0.396 e.